The number of rotatable bonds is 5. The summed E-state index contributed by atoms with van der Waals surface area (Å²) in [5.41, 5.74) is 1.94. The smallest absolute Gasteiger partial charge is 0.416 e. The molecule has 0 spiro atoms. The van der Waals surface area contributed by atoms with Gasteiger partial charge in [-0.15, -0.1) is 0 Å². The van der Waals surface area contributed by atoms with E-state index in [0.717, 1.165) is 50.2 Å². The molecule has 166 valence electrons. The summed E-state index contributed by atoms with van der Waals surface area (Å²) in [7, 11) is 0. The maximum Gasteiger partial charge on any atom is 0.416 e. The third-order valence-corrected chi connectivity index (χ3v) is 6.28. The van der Waals surface area contributed by atoms with Crippen molar-refractivity contribution in [2.24, 2.45) is 0 Å². The van der Waals surface area contributed by atoms with Crippen LogP contribution in [0.25, 0.3) is 0 Å². The lowest BCUT2D eigenvalue weighted by atomic mass is 9.90. The molecule has 1 saturated heterocycles. The van der Waals surface area contributed by atoms with Gasteiger partial charge >= 0.3 is 6.09 Å². The van der Waals surface area contributed by atoms with Gasteiger partial charge in [-0.1, -0.05) is 42.8 Å². The molecule has 5 heteroatoms. The van der Waals surface area contributed by atoms with Crippen LogP contribution in [-0.4, -0.2) is 34.2 Å². The Kier molecular flexibility index (Phi) is 6.61. The lowest BCUT2D eigenvalue weighted by Gasteiger charge is -2.41. The maximum absolute atomic E-state index is 13.3. The molecule has 1 amide bonds. The highest BCUT2D eigenvalue weighted by molar-refractivity contribution is 5.88. The largest absolute Gasteiger partial charge is 0.443 e. The molecule has 1 saturated carbocycles. The van der Waals surface area contributed by atoms with Crippen molar-refractivity contribution < 1.29 is 9.53 Å². The van der Waals surface area contributed by atoms with Crippen molar-refractivity contribution in [1.82, 2.24) is 9.88 Å². The van der Waals surface area contributed by atoms with E-state index < -0.39 is 5.60 Å². The summed E-state index contributed by atoms with van der Waals surface area (Å²) in [4.78, 5) is 22.4. The standard InChI is InChI=1S/C26H35N3O2/c1-26(2,3)31-25(30)29(21-13-9-14-21)24-22(15-10-17-27-24)23-16-7-8-18-28(23)19-20-11-5-4-6-12-20/h4-6,10-12,15,17,21,23H,7-9,13-14,16,18-19H2,1-3H3. The number of ether oxygens (including phenoxy) is 1. The average Bonchev–Trinajstić information content (AvgIpc) is 2.70. The van der Waals surface area contributed by atoms with Crippen LogP contribution in [-0.2, 0) is 11.3 Å². The third-order valence-electron chi connectivity index (χ3n) is 6.28. The summed E-state index contributed by atoms with van der Waals surface area (Å²) >= 11 is 0. The molecule has 5 nitrogen and oxygen atoms in total. The van der Waals surface area contributed by atoms with Gasteiger partial charge in [-0.2, -0.15) is 0 Å². The Balaban J connectivity index is 1.66. The van der Waals surface area contributed by atoms with Crippen LogP contribution in [0.3, 0.4) is 0 Å². The predicted molar refractivity (Wildman–Crippen MR) is 124 cm³/mol. The number of carbonyl (C=O) groups excluding carboxylic acids is 1. The van der Waals surface area contributed by atoms with Crippen molar-refractivity contribution in [3.63, 3.8) is 0 Å². The Labute approximate surface area is 186 Å². The van der Waals surface area contributed by atoms with E-state index in [2.05, 4.69) is 41.3 Å². The normalized spacial score (nSPS) is 20.2. The summed E-state index contributed by atoms with van der Waals surface area (Å²) in [6.07, 6.45) is 8.18. The van der Waals surface area contributed by atoms with Crippen molar-refractivity contribution in [2.45, 2.75) is 83.5 Å². The molecular formula is C26H35N3O2. The summed E-state index contributed by atoms with van der Waals surface area (Å²) in [5, 5.41) is 0. The van der Waals surface area contributed by atoms with Crippen molar-refractivity contribution in [3.8, 4) is 0 Å². The Morgan fingerprint density at radius 3 is 2.52 bits per heavy atom. The fourth-order valence-electron chi connectivity index (χ4n) is 4.59. The molecule has 1 aliphatic heterocycles. The SMILES string of the molecule is CC(C)(C)OC(=O)N(c1ncccc1C1CCCCN1Cc1ccccc1)C1CCC1. The van der Waals surface area contributed by atoms with Crippen molar-refractivity contribution >= 4 is 11.9 Å². The van der Waals surface area contributed by atoms with Crippen LogP contribution in [0.1, 0.15) is 76.5 Å². The molecule has 4 rings (SSSR count). The maximum atomic E-state index is 13.3. The van der Waals surface area contributed by atoms with Crippen molar-refractivity contribution in [3.05, 3.63) is 59.8 Å². The number of aromatic nitrogens is 1. The van der Waals surface area contributed by atoms with Crippen molar-refractivity contribution in [1.29, 1.82) is 0 Å². The minimum Gasteiger partial charge on any atom is -0.443 e. The second kappa shape index (κ2) is 9.39. The summed E-state index contributed by atoms with van der Waals surface area (Å²) in [5.74, 6) is 0.784. The monoisotopic (exact) mass is 421 g/mol. The molecule has 2 heterocycles. The van der Waals surface area contributed by atoms with E-state index in [0.29, 0.717) is 0 Å². The zero-order valence-electron chi connectivity index (χ0n) is 19.1. The molecule has 1 aliphatic carbocycles. The van der Waals surface area contributed by atoms with Gasteiger partial charge in [0.15, 0.2) is 0 Å². The molecule has 2 aliphatic rings. The van der Waals surface area contributed by atoms with Crippen LogP contribution < -0.4 is 4.90 Å². The Bertz CT molecular complexity index is 874. The fourth-order valence-corrected chi connectivity index (χ4v) is 4.59. The first kappa shape index (κ1) is 21.8. The van der Waals surface area contributed by atoms with Gasteiger partial charge in [0.1, 0.15) is 11.4 Å². The first-order valence-corrected chi connectivity index (χ1v) is 11.7. The van der Waals surface area contributed by atoms with Crippen LogP contribution in [0, 0.1) is 0 Å². The Hall–Kier alpha value is -2.40. The minimum atomic E-state index is -0.530. The number of pyridine rings is 1. The lowest BCUT2D eigenvalue weighted by Crippen LogP contribution is -2.48. The van der Waals surface area contributed by atoms with E-state index in [-0.39, 0.29) is 18.2 Å². The summed E-state index contributed by atoms with van der Waals surface area (Å²) in [6.45, 7) is 7.74. The minimum absolute atomic E-state index is 0.176. The first-order chi connectivity index (χ1) is 14.9. The van der Waals surface area contributed by atoms with Gasteiger partial charge in [0, 0.05) is 30.4 Å². The molecule has 31 heavy (non-hydrogen) atoms. The summed E-state index contributed by atoms with van der Waals surface area (Å²) in [6, 6.07) is 15.2. The number of piperidine rings is 1. The highest BCUT2D eigenvalue weighted by Crippen LogP contribution is 2.39. The zero-order valence-corrected chi connectivity index (χ0v) is 19.1. The van der Waals surface area contributed by atoms with E-state index in [1.807, 2.05) is 31.7 Å². The van der Waals surface area contributed by atoms with E-state index in [4.69, 9.17) is 9.72 Å². The highest BCUT2D eigenvalue weighted by Gasteiger charge is 2.37. The van der Waals surface area contributed by atoms with Crippen molar-refractivity contribution in [2.75, 3.05) is 11.4 Å². The number of hydrogen-bond acceptors (Lipinski definition) is 4. The molecule has 1 aromatic carbocycles. The van der Waals surface area contributed by atoms with Gasteiger partial charge in [0.2, 0.25) is 0 Å². The van der Waals surface area contributed by atoms with E-state index in [1.54, 1.807) is 6.20 Å². The molecule has 1 aromatic heterocycles. The van der Waals surface area contributed by atoms with E-state index in [9.17, 15) is 4.79 Å². The quantitative estimate of drug-likeness (QED) is 0.585. The van der Waals surface area contributed by atoms with Gasteiger partial charge in [0.25, 0.3) is 0 Å². The number of hydrogen-bond donors (Lipinski definition) is 0. The predicted octanol–water partition coefficient (Wildman–Crippen LogP) is 6.10. The Morgan fingerprint density at radius 1 is 1.06 bits per heavy atom. The first-order valence-electron chi connectivity index (χ1n) is 11.7. The zero-order chi connectivity index (χ0) is 21.8. The van der Waals surface area contributed by atoms with Crippen LogP contribution in [0.2, 0.25) is 0 Å². The van der Waals surface area contributed by atoms with E-state index in [1.165, 1.54) is 18.4 Å². The van der Waals surface area contributed by atoms with Gasteiger partial charge in [0.05, 0.1) is 0 Å². The lowest BCUT2D eigenvalue weighted by molar-refractivity contribution is 0.0546. The Morgan fingerprint density at radius 2 is 1.84 bits per heavy atom. The molecular weight excluding hydrogens is 386 g/mol. The second-order valence-electron chi connectivity index (χ2n) is 9.82. The molecule has 0 radical (unpaired) electrons. The topological polar surface area (TPSA) is 45.7 Å². The molecule has 0 N–H and O–H groups in total. The number of amides is 1. The van der Waals surface area contributed by atoms with Gasteiger partial charge < -0.3 is 4.74 Å². The van der Waals surface area contributed by atoms with E-state index >= 15 is 0 Å². The van der Waals surface area contributed by atoms with Crippen LogP contribution in [0.15, 0.2) is 48.7 Å². The molecule has 1 unspecified atom stereocenters. The van der Waals surface area contributed by atoms with Crippen LogP contribution in [0.5, 0.6) is 0 Å². The van der Waals surface area contributed by atoms with Gasteiger partial charge in [-0.3, -0.25) is 9.80 Å². The number of likely N-dealkylation sites (tertiary alicyclic amines) is 1. The second-order valence-corrected chi connectivity index (χ2v) is 9.82. The van der Waals surface area contributed by atoms with Gasteiger partial charge in [-0.05, 0) is 71.0 Å². The number of benzene rings is 1. The molecule has 1 atom stereocenters. The molecule has 0 bridgehead atoms. The number of anilines is 1. The highest BCUT2D eigenvalue weighted by atomic mass is 16.6. The molecule has 2 aromatic rings. The van der Waals surface area contributed by atoms with Crippen LogP contribution in [0.4, 0.5) is 10.6 Å². The average molecular weight is 422 g/mol. The summed E-state index contributed by atoms with van der Waals surface area (Å²) < 4.78 is 5.81. The number of nitrogens with zero attached hydrogens (tertiary/aromatic N) is 3. The fraction of sp³-hybridized carbons (Fsp3) is 0.538. The van der Waals surface area contributed by atoms with Gasteiger partial charge in [-0.25, -0.2) is 9.78 Å². The third kappa shape index (κ3) is 5.27. The molecule has 2 fully saturated rings. The van der Waals surface area contributed by atoms with Crippen LogP contribution >= 0.6 is 0 Å². The number of carbonyl (C=O) groups is 1.